The van der Waals surface area contributed by atoms with Crippen LogP contribution in [0, 0.1) is 5.82 Å². The number of nitrogens with one attached hydrogen (secondary N) is 1. The van der Waals surface area contributed by atoms with Crippen LogP contribution in [0.1, 0.15) is 21.5 Å². The molecule has 0 aliphatic carbocycles. The number of anilines is 1. The van der Waals surface area contributed by atoms with Crippen LogP contribution in [-0.2, 0) is 21.4 Å². The fraction of sp³-hybridized carbons (Fsp3) is 0.174. The standard InChI is InChI=1S/C23H16F7NO5S/c24-19-11-16(21(34,22(25,26)27)23(28,29)30)7-10-18(19)14-5-8-17(9-6-14)31-37(35,36)12-13-1-3-15(4-2-13)20(32)33/h1-11,31,34H,12H2,(H,32,33). The highest BCUT2D eigenvalue weighted by Crippen LogP contribution is 2.50. The summed E-state index contributed by atoms with van der Waals surface area (Å²) in [4.78, 5) is 10.9. The highest BCUT2D eigenvalue weighted by molar-refractivity contribution is 7.91. The number of benzene rings is 3. The van der Waals surface area contributed by atoms with Crippen molar-refractivity contribution in [2.75, 3.05) is 4.72 Å². The number of alkyl halides is 6. The number of carboxylic acid groups (broad SMARTS) is 1. The van der Waals surface area contributed by atoms with Crippen molar-refractivity contribution in [1.82, 2.24) is 0 Å². The first-order valence-electron chi connectivity index (χ1n) is 10.0. The van der Waals surface area contributed by atoms with E-state index < -0.39 is 56.6 Å². The van der Waals surface area contributed by atoms with E-state index in [1.165, 1.54) is 48.5 Å². The molecule has 0 radical (unpaired) electrons. The van der Waals surface area contributed by atoms with Gasteiger partial charge in [-0.3, -0.25) is 4.72 Å². The number of carbonyl (C=O) groups is 1. The second-order valence-electron chi connectivity index (χ2n) is 7.84. The Bertz CT molecular complexity index is 1390. The van der Waals surface area contributed by atoms with Gasteiger partial charge >= 0.3 is 18.3 Å². The second kappa shape index (κ2) is 9.67. The first-order chi connectivity index (χ1) is 16.9. The Hall–Kier alpha value is -3.65. The minimum atomic E-state index is -6.17. The molecule has 0 aliphatic rings. The van der Waals surface area contributed by atoms with Crippen molar-refractivity contribution in [3.63, 3.8) is 0 Å². The van der Waals surface area contributed by atoms with Gasteiger partial charge < -0.3 is 10.2 Å². The molecule has 6 nitrogen and oxygen atoms in total. The Morgan fingerprint density at radius 2 is 1.38 bits per heavy atom. The Labute approximate surface area is 205 Å². The van der Waals surface area contributed by atoms with Crippen molar-refractivity contribution in [3.05, 3.63) is 89.2 Å². The summed E-state index contributed by atoms with van der Waals surface area (Å²) in [5, 5.41) is 18.3. The summed E-state index contributed by atoms with van der Waals surface area (Å²) in [6, 6.07) is 10.7. The quantitative estimate of drug-likeness (QED) is 0.339. The van der Waals surface area contributed by atoms with Gasteiger partial charge in [-0.05, 0) is 41.5 Å². The molecule has 14 heteroatoms. The van der Waals surface area contributed by atoms with Crippen LogP contribution >= 0.6 is 0 Å². The smallest absolute Gasteiger partial charge is 0.430 e. The zero-order valence-corrected chi connectivity index (χ0v) is 19.0. The van der Waals surface area contributed by atoms with Gasteiger partial charge in [0.25, 0.3) is 5.60 Å². The van der Waals surface area contributed by atoms with Gasteiger partial charge in [-0.1, -0.05) is 36.4 Å². The summed E-state index contributed by atoms with van der Waals surface area (Å²) in [7, 11) is -3.97. The molecule has 198 valence electrons. The van der Waals surface area contributed by atoms with Crippen molar-refractivity contribution in [2.45, 2.75) is 23.7 Å². The van der Waals surface area contributed by atoms with Crippen molar-refractivity contribution >= 4 is 21.7 Å². The lowest BCUT2D eigenvalue weighted by atomic mass is 9.90. The second-order valence-corrected chi connectivity index (χ2v) is 9.56. The van der Waals surface area contributed by atoms with Gasteiger partial charge in [0.15, 0.2) is 0 Å². The van der Waals surface area contributed by atoms with Crippen molar-refractivity contribution in [2.24, 2.45) is 0 Å². The summed E-state index contributed by atoms with van der Waals surface area (Å²) in [5.41, 5.74) is -7.17. The topological polar surface area (TPSA) is 104 Å². The first kappa shape index (κ1) is 27.9. The molecule has 0 aromatic heterocycles. The lowest BCUT2D eigenvalue weighted by Gasteiger charge is -2.32. The third-order valence-corrected chi connectivity index (χ3v) is 6.49. The van der Waals surface area contributed by atoms with Crippen molar-refractivity contribution in [1.29, 1.82) is 0 Å². The fourth-order valence-corrected chi connectivity index (χ4v) is 4.56. The minimum absolute atomic E-state index is 0.00110. The van der Waals surface area contributed by atoms with Crippen LogP contribution < -0.4 is 4.72 Å². The molecule has 0 aliphatic heterocycles. The predicted molar refractivity (Wildman–Crippen MR) is 117 cm³/mol. The van der Waals surface area contributed by atoms with E-state index in [4.69, 9.17) is 5.11 Å². The first-order valence-corrected chi connectivity index (χ1v) is 11.7. The monoisotopic (exact) mass is 551 g/mol. The van der Waals surface area contributed by atoms with E-state index in [2.05, 4.69) is 4.72 Å². The zero-order valence-electron chi connectivity index (χ0n) is 18.2. The summed E-state index contributed by atoms with van der Waals surface area (Å²) in [6.45, 7) is 0. The summed E-state index contributed by atoms with van der Waals surface area (Å²) in [5.74, 6) is -3.18. The lowest BCUT2D eigenvalue weighted by molar-refractivity contribution is -0.376. The van der Waals surface area contributed by atoms with Crippen LogP contribution in [0.5, 0.6) is 0 Å². The maximum atomic E-state index is 14.5. The number of carboxylic acids is 1. The van der Waals surface area contributed by atoms with E-state index in [1.807, 2.05) is 0 Å². The molecule has 0 bridgehead atoms. The third kappa shape index (κ3) is 5.85. The average molecular weight is 551 g/mol. The minimum Gasteiger partial charge on any atom is -0.478 e. The zero-order chi connectivity index (χ0) is 27.8. The van der Waals surface area contributed by atoms with Gasteiger partial charge in [-0.25, -0.2) is 17.6 Å². The Morgan fingerprint density at radius 1 is 0.838 bits per heavy atom. The van der Waals surface area contributed by atoms with E-state index in [-0.39, 0.29) is 28.4 Å². The summed E-state index contributed by atoms with van der Waals surface area (Å²) in [6.07, 6.45) is -12.3. The molecule has 0 amide bonds. The van der Waals surface area contributed by atoms with E-state index in [0.29, 0.717) is 12.1 Å². The molecule has 0 saturated carbocycles. The van der Waals surface area contributed by atoms with E-state index in [1.54, 1.807) is 0 Å². The number of halogens is 7. The molecule has 0 atom stereocenters. The van der Waals surface area contributed by atoms with Gasteiger partial charge in [-0.15, -0.1) is 0 Å². The molecule has 3 aromatic carbocycles. The van der Waals surface area contributed by atoms with Crippen LogP contribution in [0.3, 0.4) is 0 Å². The molecule has 3 rings (SSSR count). The molecule has 37 heavy (non-hydrogen) atoms. The normalized spacial score (nSPS) is 12.9. The molecule has 0 spiro atoms. The fourth-order valence-electron chi connectivity index (χ4n) is 3.36. The van der Waals surface area contributed by atoms with E-state index in [0.717, 1.165) is 0 Å². The average Bonchev–Trinajstić information content (AvgIpc) is 2.77. The Kier molecular flexibility index (Phi) is 7.30. The highest BCUT2D eigenvalue weighted by atomic mass is 32.2. The number of rotatable bonds is 7. The van der Waals surface area contributed by atoms with Crippen LogP contribution in [0.4, 0.5) is 36.4 Å². The lowest BCUT2D eigenvalue weighted by Crippen LogP contribution is -2.53. The molecule has 0 saturated heterocycles. The van der Waals surface area contributed by atoms with Gasteiger partial charge in [0, 0.05) is 16.8 Å². The molecule has 3 aromatic rings. The van der Waals surface area contributed by atoms with Crippen molar-refractivity contribution < 1.29 is 54.2 Å². The van der Waals surface area contributed by atoms with Gasteiger partial charge in [0.05, 0.1) is 11.3 Å². The van der Waals surface area contributed by atoms with Crippen LogP contribution in [0.15, 0.2) is 66.7 Å². The number of aromatic carboxylic acids is 1. The predicted octanol–water partition coefficient (Wildman–Crippen LogP) is 5.45. The van der Waals surface area contributed by atoms with Crippen LogP contribution in [0.2, 0.25) is 0 Å². The maximum Gasteiger partial charge on any atom is 0.430 e. The molecular weight excluding hydrogens is 535 g/mol. The highest BCUT2D eigenvalue weighted by Gasteiger charge is 2.71. The van der Waals surface area contributed by atoms with Crippen LogP contribution in [-0.4, -0.2) is 37.0 Å². The number of hydrogen-bond acceptors (Lipinski definition) is 4. The van der Waals surface area contributed by atoms with Gasteiger partial charge in [0.1, 0.15) is 5.82 Å². The third-order valence-electron chi connectivity index (χ3n) is 5.23. The number of aliphatic hydroxyl groups is 1. The Morgan fingerprint density at radius 3 is 1.84 bits per heavy atom. The molecule has 3 N–H and O–H groups in total. The summed E-state index contributed by atoms with van der Waals surface area (Å²) < 4.78 is 120. The van der Waals surface area contributed by atoms with Gasteiger partial charge in [-0.2, -0.15) is 26.3 Å². The number of hydrogen-bond donors (Lipinski definition) is 3. The summed E-state index contributed by atoms with van der Waals surface area (Å²) >= 11 is 0. The van der Waals surface area contributed by atoms with Crippen molar-refractivity contribution in [3.8, 4) is 11.1 Å². The van der Waals surface area contributed by atoms with E-state index in [9.17, 15) is 49.1 Å². The van der Waals surface area contributed by atoms with E-state index >= 15 is 0 Å². The Balaban J connectivity index is 1.81. The largest absolute Gasteiger partial charge is 0.478 e. The molecule has 0 fully saturated rings. The maximum absolute atomic E-state index is 14.5. The number of sulfonamides is 1. The van der Waals surface area contributed by atoms with Gasteiger partial charge in [0.2, 0.25) is 10.0 Å². The molecule has 0 heterocycles. The molecule has 0 unspecified atom stereocenters. The molecular formula is C23H16F7NO5S. The van der Waals surface area contributed by atoms with Crippen LogP contribution in [0.25, 0.3) is 11.1 Å². The SMILES string of the molecule is O=C(O)c1ccc(CS(=O)(=O)Nc2ccc(-c3ccc(C(O)(C(F)(F)F)C(F)(F)F)cc3F)cc2)cc1.